The molecule has 1 unspecified atom stereocenters. The fourth-order valence-corrected chi connectivity index (χ4v) is 1.84. The summed E-state index contributed by atoms with van der Waals surface area (Å²) < 4.78 is 0. The molecule has 100 valence electrons. The van der Waals surface area contributed by atoms with Crippen molar-refractivity contribution in [2.75, 3.05) is 23.9 Å². The second-order valence-electron chi connectivity index (χ2n) is 4.47. The second-order valence-corrected chi connectivity index (χ2v) is 4.47. The van der Waals surface area contributed by atoms with Crippen molar-refractivity contribution in [3.63, 3.8) is 0 Å². The van der Waals surface area contributed by atoms with Crippen molar-refractivity contribution in [2.24, 2.45) is 11.8 Å². The Kier molecular flexibility index (Phi) is 4.91. The van der Waals surface area contributed by atoms with Crippen LogP contribution in [0.4, 0.5) is 17.1 Å². The molecule has 0 fully saturated rings. The monoisotopic (exact) mass is 252 g/mol. The average Bonchev–Trinajstić information content (AvgIpc) is 2.37. The highest BCUT2D eigenvalue weighted by Crippen LogP contribution is 2.34. The standard InChI is InChI=1S/C12H20N4O2/c1-4-9(2)8-15(3)11-7-5-6-10(14-13)12(11)16(17)18/h5-7,9,14H,4,8,13H2,1-3H3. The Morgan fingerprint density at radius 1 is 1.56 bits per heavy atom. The molecular formula is C12H20N4O2. The van der Waals surface area contributed by atoms with Crippen LogP contribution in [0.1, 0.15) is 20.3 Å². The largest absolute Gasteiger partial charge is 0.369 e. The van der Waals surface area contributed by atoms with Crippen LogP contribution in [-0.2, 0) is 0 Å². The highest BCUT2D eigenvalue weighted by Gasteiger charge is 2.22. The first-order valence-electron chi connectivity index (χ1n) is 5.96. The first kappa shape index (κ1) is 14.2. The Balaban J connectivity index is 3.11. The molecule has 0 bridgehead atoms. The van der Waals surface area contributed by atoms with Gasteiger partial charge in [-0.3, -0.25) is 16.0 Å². The summed E-state index contributed by atoms with van der Waals surface area (Å²) in [6, 6.07) is 5.09. The summed E-state index contributed by atoms with van der Waals surface area (Å²) in [6.45, 7) is 4.99. The predicted octanol–water partition coefficient (Wildman–Crippen LogP) is 2.36. The lowest BCUT2D eigenvalue weighted by Crippen LogP contribution is -2.24. The summed E-state index contributed by atoms with van der Waals surface area (Å²) in [5.74, 6) is 5.79. The lowest BCUT2D eigenvalue weighted by Gasteiger charge is -2.23. The lowest BCUT2D eigenvalue weighted by atomic mass is 10.1. The first-order valence-corrected chi connectivity index (χ1v) is 5.96. The van der Waals surface area contributed by atoms with E-state index in [1.165, 1.54) is 0 Å². The summed E-state index contributed by atoms with van der Waals surface area (Å²) in [6.07, 6.45) is 1.03. The molecule has 0 saturated heterocycles. The molecule has 1 aromatic carbocycles. The van der Waals surface area contributed by atoms with E-state index in [0.717, 1.165) is 13.0 Å². The van der Waals surface area contributed by atoms with Crippen LogP contribution in [0.2, 0.25) is 0 Å². The minimum absolute atomic E-state index is 0.0193. The summed E-state index contributed by atoms with van der Waals surface area (Å²) >= 11 is 0. The molecule has 6 heteroatoms. The van der Waals surface area contributed by atoms with Crippen molar-refractivity contribution in [3.8, 4) is 0 Å². The SMILES string of the molecule is CCC(C)CN(C)c1cccc(NN)c1[N+](=O)[O-]. The van der Waals surface area contributed by atoms with Gasteiger partial charge in [-0.1, -0.05) is 26.3 Å². The van der Waals surface area contributed by atoms with Gasteiger partial charge < -0.3 is 10.3 Å². The molecular weight excluding hydrogens is 232 g/mol. The van der Waals surface area contributed by atoms with Gasteiger partial charge in [0.15, 0.2) is 0 Å². The predicted molar refractivity (Wildman–Crippen MR) is 73.6 cm³/mol. The molecule has 0 spiro atoms. The highest BCUT2D eigenvalue weighted by atomic mass is 16.6. The number of benzene rings is 1. The maximum absolute atomic E-state index is 11.1. The number of nitrogens with one attached hydrogen (secondary N) is 1. The van der Waals surface area contributed by atoms with Crippen molar-refractivity contribution in [1.29, 1.82) is 0 Å². The Hall–Kier alpha value is -1.82. The average molecular weight is 252 g/mol. The zero-order valence-electron chi connectivity index (χ0n) is 11.0. The van der Waals surface area contributed by atoms with Gasteiger partial charge in [0, 0.05) is 13.6 Å². The van der Waals surface area contributed by atoms with Gasteiger partial charge in [-0.25, -0.2) is 0 Å². The number of hydrogen-bond acceptors (Lipinski definition) is 5. The Bertz CT molecular complexity index is 423. The number of nitrogens with zero attached hydrogens (tertiary/aromatic N) is 2. The summed E-state index contributed by atoms with van der Waals surface area (Å²) in [5.41, 5.74) is 3.30. The van der Waals surface area contributed by atoms with Crippen molar-refractivity contribution < 1.29 is 4.92 Å². The van der Waals surface area contributed by atoms with E-state index in [-0.39, 0.29) is 5.69 Å². The van der Waals surface area contributed by atoms with E-state index in [4.69, 9.17) is 5.84 Å². The number of hydrogen-bond donors (Lipinski definition) is 2. The normalized spacial score (nSPS) is 12.0. The summed E-state index contributed by atoms with van der Waals surface area (Å²) in [5, 5.41) is 11.1. The van der Waals surface area contributed by atoms with E-state index in [1.54, 1.807) is 18.2 Å². The molecule has 0 aliphatic heterocycles. The topological polar surface area (TPSA) is 84.4 Å². The van der Waals surface area contributed by atoms with Crippen LogP contribution in [0.5, 0.6) is 0 Å². The minimum atomic E-state index is -0.405. The van der Waals surface area contributed by atoms with Gasteiger partial charge in [0.2, 0.25) is 0 Å². The van der Waals surface area contributed by atoms with Gasteiger partial charge >= 0.3 is 5.69 Å². The van der Waals surface area contributed by atoms with E-state index < -0.39 is 4.92 Å². The zero-order valence-corrected chi connectivity index (χ0v) is 11.0. The van der Waals surface area contributed by atoms with Crippen LogP contribution >= 0.6 is 0 Å². The van der Waals surface area contributed by atoms with E-state index in [2.05, 4.69) is 19.3 Å². The number of para-hydroxylation sites is 1. The quantitative estimate of drug-likeness (QED) is 0.461. The molecule has 0 saturated carbocycles. The van der Waals surface area contributed by atoms with Crippen LogP contribution in [-0.4, -0.2) is 18.5 Å². The van der Waals surface area contributed by atoms with Crippen molar-refractivity contribution >= 4 is 17.1 Å². The molecule has 0 aliphatic carbocycles. The molecule has 0 aromatic heterocycles. The smallest absolute Gasteiger partial charge is 0.316 e. The van der Waals surface area contributed by atoms with E-state index in [0.29, 0.717) is 17.3 Å². The molecule has 0 amide bonds. The molecule has 6 nitrogen and oxygen atoms in total. The van der Waals surface area contributed by atoms with Crippen molar-refractivity contribution in [1.82, 2.24) is 0 Å². The number of nitro groups is 1. The van der Waals surface area contributed by atoms with Gasteiger partial charge in [0.05, 0.1) is 4.92 Å². The van der Waals surface area contributed by atoms with Crippen molar-refractivity contribution in [3.05, 3.63) is 28.3 Å². The van der Waals surface area contributed by atoms with Crippen molar-refractivity contribution in [2.45, 2.75) is 20.3 Å². The van der Waals surface area contributed by atoms with E-state index in [9.17, 15) is 10.1 Å². The number of nitrogen functional groups attached to an aromatic ring is 1. The fraction of sp³-hybridized carbons (Fsp3) is 0.500. The summed E-state index contributed by atoms with van der Waals surface area (Å²) in [7, 11) is 1.86. The molecule has 1 aromatic rings. The molecule has 0 radical (unpaired) electrons. The number of nitro benzene ring substituents is 1. The molecule has 1 atom stereocenters. The van der Waals surface area contributed by atoms with Gasteiger partial charge in [0.25, 0.3) is 0 Å². The molecule has 1 rings (SSSR count). The number of nitrogens with two attached hydrogens (primary N) is 1. The van der Waals surface area contributed by atoms with Gasteiger partial charge in [-0.15, -0.1) is 0 Å². The van der Waals surface area contributed by atoms with E-state index >= 15 is 0 Å². The van der Waals surface area contributed by atoms with Gasteiger partial charge in [-0.05, 0) is 18.1 Å². The fourth-order valence-electron chi connectivity index (χ4n) is 1.84. The van der Waals surface area contributed by atoms with Crippen LogP contribution < -0.4 is 16.2 Å². The first-order chi connectivity index (χ1) is 8.51. The lowest BCUT2D eigenvalue weighted by molar-refractivity contribution is -0.383. The minimum Gasteiger partial charge on any atom is -0.369 e. The van der Waals surface area contributed by atoms with E-state index in [1.807, 2.05) is 11.9 Å². The third-order valence-corrected chi connectivity index (χ3v) is 3.05. The third-order valence-electron chi connectivity index (χ3n) is 3.05. The third kappa shape index (κ3) is 3.10. The van der Waals surface area contributed by atoms with Gasteiger partial charge in [0.1, 0.15) is 11.4 Å². The van der Waals surface area contributed by atoms with Crippen LogP contribution in [0.25, 0.3) is 0 Å². The maximum atomic E-state index is 11.1. The molecule has 0 aliphatic rings. The Morgan fingerprint density at radius 3 is 2.72 bits per heavy atom. The Labute approximate surface area is 107 Å². The summed E-state index contributed by atoms with van der Waals surface area (Å²) in [4.78, 5) is 12.6. The van der Waals surface area contributed by atoms with Crippen LogP contribution in [0.3, 0.4) is 0 Å². The number of anilines is 2. The molecule has 0 heterocycles. The second kappa shape index (κ2) is 6.20. The molecule has 18 heavy (non-hydrogen) atoms. The number of hydrazine groups is 1. The highest BCUT2D eigenvalue weighted by molar-refractivity contribution is 5.76. The van der Waals surface area contributed by atoms with Gasteiger partial charge in [-0.2, -0.15) is 0 Å². The van der Waals surface area contributed by atoms with Crippen LogP contribution in [0.15, 0.2) is 18.2 Å². The molecule has 3 N–H and O–H groups in total. The maximum Gasteiger partial charge on any atom is 0.316 e. The Morgan fingerprint density at radius 2 is 2.22 bits per heavy atom. The van der Waals surface area contributed by atoms with Crippen LogP contribution in [0, 0.1) is 16.0 Å². The number of rotatable bonds is 6. The zero-order chi connectivity index (χ0) is 13.7.